The average Bonchev–Trinajstić information content (AvgIpc) is 2.52. The monoisotopic (exact) mass is 344 g/mol. The first-order chi connectivity index (χ1) is 11.2. The fraction of sp³-hybridized carbons (Fsp3) is 0.588. The number of likely N-dealkylation sites (tertiary alicyclic amines) is 1. The van der Waals surface area contributed by atoms with Crippen molar-refractivity contribution in [3.63, 3.8) is 0 Å². The maximum Gasteiger partial charge on any atom is 0.416 e. The largest absolute Gasteiger partial charge is 0.416 e. The molecule has 1 aromatic rings. The van der Waals surface area contributed by atoms with Crippen molar-refractivity contribution in [3.05, 3.63) is 29.8 Å². The highest BCUT2D eigenvalue weighted by molar-refractivity contribution is 5.85. The fourth-order valence-electron chi connectivity index (χ4n) is 2.73. The summed E-state index contributed by atoms with van der Waals surface area (Å²) in [6.45, 7) is 4.77. The summed E-state index contributed by atoms with van der Waals surface area (Å²) in [6, 6.07) is 4.16. The van der Waals surface area contributed by atoms with E-state index in [-0.39, 0.29) is 17.9 Å². The number of nitrogens with one attached hydrogen (secondary N) is 1. The number of rotatable bonds is 4. The van der Waals surface area contributed by atoms with Crippen LogP contribution in [0.15, 0.2) is 24.3 Å². The van der Waals surface area contributed by atoms with Gasteiger partial charge in [0, 0.05) is 18.8 Å². The van der Waals surface area contributed by atoms with Crippen molar-refractivity contribution in [1.82, 2.24) is 4.90 Å². The Kier molecular flexibility index (Phi) is 5.74. The maximum absolute atomic E-state index is 12.7. The number of piperidine rings is 1. The lowest BCUT2D eigenvalue weighted by Gasteiger charge is -2.34. The molecule has 2 rings (SSSR count). The van der Waals surface area contributed by atoms with Gasteiger partial charge in [0.2, 0.25) is 5.91 Å². The molecule has 4 nitrogen and oxygen atoms in total. The van der Waals surface area contributed by atoms with Gasteiger partial charge in [-0.2, -0.15) is 13.2 Å². The molecule has 24 heavy (non-hydrogen) atoms. The second-order valence-electron chi connectivity index (χ2n) is 6.50. The zero-order chi connectivity index (χ0) is 17.9. The van der Waals surface area contributed by atoms with Crippen molar-refractivity contribution in [1.29, 1.82) is 0 Å². The molecule has 1 amide bonds. The summed E-state index contributed by atoms with van der Waals surface area (Å²) >= 11 is 0. The molecule has 0 spiro atoms. The van der Waals surface area contributed by atoms with Crippen molar-refractivity contribution in [2.45, 2.75) is 45.0 Å². The van der Waals surface area contributed by atoms with Crippen LogP contribution in [0.2, 0.25) is 0 Å². The molecule has 7 heteroatoms. The first-order valence-electron chi connectivity index (χ1n) is 8.09. The zero-order valence-corrected chi connectivity index (χ0v) is 13.8. The van der Waals surface area contributed by atoms with Crippen LogP contribution in [0.1, 0.15) is 32.3 Å². The number of amides is 1. The Bertz CT molecular complexity index is 550. The van der Waals surface area contributed by atoms with Crippen LogP contribution in [0.25, 0.3) is 0 Å². The van der Waals surface area contributed by atoms with Gasteiger partial charge in [-0.1, -0.05) is 13.8 Å². The van der Waals surface area contributed by atoms with E-state index in [4.69, 9.17) is 0 Å². The number of anilines is 1. The van der Waals surface area contributed by atoms with Crippen molar-refractivity contribution in [3.8, 4) is 0 Å². The van der Waals surface area contributed by atoms with Crippen LogP contribution in [-0.2, 0) is 11.0 Å². The summed E-state index contributed by atoms with van der Waals surface area (Å²) in [5, 5.41) is 12.6. The predicted octanol–water partition coefficient (Wildman–Crippen LogP) is 3.13. The summed E-state index contributed by atoms with van der Waals surface area (Å²) in [7, 11) is 0. The van der Waals surface area contributed by atoms with Gasteiger partial charge in [0.25, 0.3) is 0 Å². The second-order valence-corrected chi connectivity index (χ2v) is 6.50. The summed E-state index contributed by atoms with van der Waals surface area (Å²) in [4.78, 5) is 14.4. The van der Waals surface area contributed by atoms with Gasteiger partial charge in [-0.25, -0.2) is 0 Å². The number of aliphatic hydroxyl groups excluding tert-OH is 1. The lowest BCUT2D eigenvalue weighted by atomic mass is 10.00. The Balaban J connectivity index is 2.07. The van der Waals surface area contributed by atoms with Crippen molar-refractivity contribution in [2.75, 3.05) is 18.4 Å². The number of carbonyl (C=O) groups excluding carboxylic acids is 1. The van der Waals surface area contributed by atoms with Gasteiger partial charge in [-0.15, -0.1) is 0 Å². The van der Waals surface area contributed by atoms with Gasteiger partial charge in [0.15, 0.2) is 0 Å². The minimum Gasteiger partial charge on any atom is -0.393 e. The van der Waals surface area contributed by atoms with Crippen LogP contribution in [0.5, 0.6) is 0 Å². The molecule has 1 atom stereocenters. The third kappa shape index (κ3) is 4.63. The van der Waals surface area contributed by atoms with E-state index in [2.05, 4.69) is 5.32 Å². The van der Waals surface area contributed by atoms with E-state index in [1.54, 1.807) is 4.90 Å². The van der Waals surface area contributed by atoms with E-state index in [0.717, 1.165) is 12.1 Å². The highest BCUT2D eigenvalue weighted by atomic mass is 19.4. The van der Waals surface area contributed by atoms with Gasteiger partial charge in [-0.3, -0.25) is 4.79 Å². The molecule has 1 aliphatic rings. The van der Waals surface area contributed by atoms with E-state index in [1.807, 2.05) is 13.8 Å². The highest BCUT2D eigenvalue weighted by Crippen LogP contribution is 2.30. The molecule has 0 aromatic heterocycles. The van der Waals surface area contributed by atoms with Gasteiger partial charge < -0.3 is 15.3 Å². The van der Waals surface area contributed by atoms with Gasteiger partial charge in [-0.05, 0) is 43.0 Å². The molecule has 0 aliphatic carbocycles. The number of aliphatic hydroxyl groups is 1. The molecule has 1 heterocycles. The number of carbonyl (C=O) groups is 1. The third-order valence-corrected chi connectivity index (χ3v) is 4.24. The fourth-order valence-corrected chi connectivity index (χ4v) is 2.73. The summed E-state index contributed by atoms with van der Waals surface area (Å²) in [5.74, 6) is -0.108. The molecule has 0 radical (unpaired) electrons. The minimum absolute atomic E-state index is 0.0216. The van der Waals surface area contributed by atoms with Crippen molar-refractivity contribution >= 4 is 11.6 Å². The molecular formula is C17H23F3N2O2. The summed E-state index contributed by atoms with van der Waals surface area (Å²) < 4.78 is 37.8. The van der Waals surface area contributed by atoms with Crippen LogP contribution in [0, 0.1) is 5.92 Å². The van der Waals surface area contributed by atoms with Gasteiger partial charge >= 0.3 is 6.18 Å². The van der Waals surface area contributed by atoms with Crippen LogP contribution >= 0.6 is 0 Å². The molecule has 0 saturated carbocycles. The van der Waals surface area contributed by atoms with E-state index >= 15 is 0 Å². The van der Waals surface area contributed by atoms with Crippen molar-refractivity contribution in [2.24, 2.45) is 5.92 Å². The molecule has 1 aliphatic heterocycles. The van der Waals surface area contributed by atoms with E-state index in [9.17, 15) is 23.1 Å². The molecule has 1 saturated heterocycles. The summed E-state index contributed by atoms with van der Waals surface area (Å²) in [6.07, 6.45) is -3.64. The normalized spacial score (nSPS) is 17.9. The van der Waals surface area contributed by atoms with Crippen molar-refractivity contribution < 1.29 is 23.1 Å². The Hall–Kier alpha value is -1.76. The molecule has 2 N–H and O–H groups in total. The predicted molar refractivity (Wildman–Crippen MR) is 85.5 cm³/mol. The second kappa shape index (κ2) is 7.42. The van der Waals surface area contributed by atoms with Gasteiger partial charge in [0.05, 0.1) is 11.7 Å². The Morgan fingerprint density at radius 1 is 1.21 bits per heavy atom. The molecule has 0 bridgehead atoms. The smallest absolute Gasteiger partial charge is 0.393 e. The highest BCUT2D eigenvalue weighted by Gasteiger charge is 2.31. The Labute approximate surface area is 139 Å². The van der Waals surface area contributed by atoms with Crippen LogP contribution in [0.4, 0.5) is 18.9 Å². The standard InChI is InChI=1S/C17H23F3N2O2/c1-11(2)15(16(24)22-9-7-14(23)8-10-22)21-13-5-3-12(4-6-13)17(18,19)20/h3-6,11,14-15,21,23H,7-10H2,1-2H3/t15-/m1/s1. The lowest BCUT2D eigenvalue weighted by Crippen LogP contribution is -2.49. The third-order valence-electron chi connectivity index (χ3n) is 4.24. The van der Waals surface area contributed by atoms with Crippen LogP contribution < -0.4 is 5.32 Å². The Morgan fingerprint density at radius 3 is 2.21 bits per heavy atom. The molecular weight excluding hydrogens is 321 g/mol. The van der Waals surface area contributed by atoms with E-state index in [1.165, 1.54) is 12.1 Å². The summed E-state index contributed by atoms with van der Waals surface area (Å²) in [5.41, 5.74) is -0.238. The molecule has 1 fully saturated rings. The first-order valence-corrected chi connectivity index (χ1v) is 8.09. The minimum atomic E-state index is -4.37. The average molecular weight is 344 g/mol. The number of halogens is 3. The molecule has 1 aromatic carbocycles. The van der Waals surface area contributed by atoms with Crippen LogP contribution in [-0.4, -0.2) is 41.1 Å². The lowest BCUT2D eigenvalue weighted by molar-refractivity contribution is -0.137. The maximum atomic E-state index is 12.7. The van der Waals surface area contributed by atoms with Crippen LogP contribution in [0.3, 0.4) is 0 Å². The molecule has 0 unspecified atom stereocenters. The number of benzene rings is 1. The first kappa shape index (κ1) is 18.6. The zero-order valence-electron chi connectivity index (χ0n) is 13.8. The van der Waals surface area contributed by atoms with E-state index in [0.29, 0.717) is 31.6 Å². The van der Waals surface area contributed by atoms with E-state index < -0.39 is 17.8 Å². The Morgan fingerprint density at radius 2 is 1.75 bits per heavy atom. The molecule has 134 valence electrons. The van der Waals surface area contributed by atoms with Gasteiger partial charge in [0.1, 0.15) is 6.04 Å². The quantitative estimate of drug-likeness (QED) is 0.882. The number of hydrogen-bond acceptors (Lipinski definition) is 3. The number of nitrogens with zero attached hydrogens (tertiary/aromatic N) is 1. The topological polar surface area (TPSA) is 52.6 Å². The number of hydrogen-bond donors (Lipinski definition) is 2. The number of alkyl halides is 3. The SMILES string of the molecule is CC(C)[C@@H](Nc1ccc(C(F)(F)F)cc1)C(=O)N1CCC(O)CC1.